The lowest BCUT2D eigenvalue weighted by atomic mass is 10.2. The number of thioether (sulfide) groups is 1. The fraction of sp³-hybridized carbons (Fsp3) is 0.417. The summed E-state index contributed by atoms with van der Waals surface area (Å²) < 4.78 is 4.54. The number of anilines is 1. The fourth-order valence-electron chi connectivity index (χ4n) is 1.34. The molecule has 0 heterocycles. The largest absolute Gasteiger partial charge is 0.468 e. The molecule has 0 radical (unpaired) electrons. The lowest BCUT2D eigenvalue weighted by Crippen LogP contribution is -2.04. The van der Waals surface area contributed by atoms with Crippen molar-refractivity contribution < 1.29 is 14.5 Å². The number of rotatable bonds is 7. The van der Waals surface area contributed by atoms with Crippen LogP contribution in [0.5, 0.6) is 0 Å². The highest BCUT2D eigenvalue weighted by molar-refractivity contribution is 8.00. The summed E-state index contributed by atoms with van der Waals surface area (Å²) in [6, 6.07) is 4.72. The Hall–Kier alpha value is -1.76. The average Bonchev–Trinajstić information content (AvgIpc) is 2.42. The van der Waals surface area contributed by atoms with E-state index in [1.165, 1.54) is 31.0 Å². The molecule has 0 fully saturated rings. The van der Waals surface area contributed by atoms with Crippen LogP contribution in [0.25, 0.3) is 0 Å². The van der Waals surface area contributed by atoms with Crippen molar-refractivity contribution in [2.45, 2.75) is 18.2 Å². The molecule has 1 aromatic carbocycles. The maximum Gasteiger partial charge on any atom is 0.315 e. The van der Waals surface area contributed by atoms with Crippen molar-refractivity contribution in [2.75, 3.05) is 24.7 Å². The molecule has 0 aliphatic heterocycles. The highest BCUT2D eigenvalue weighted by Gasteiger charge is 2.11. The Bertz CT molecular complexity index is 465. The van der Waals surface area contributed by atoms with E-state index in [0.717, 1.165) is 13.0 Å². The minimum Gasteiger partial charge on any atom is -0.468 e. The first-order chi connectivity index (χ1) is 9.06. The Labute approximate surface area is 115 Å². The van der Waals surface area contributed by atoms with E-state index in [1.54, 1.807) is 6.07 Å². The fourth-order valence-corrected chi connectivity index (χ4v) is 2.16. The molecule has 0 saturated carbocycles. The number of methoxy groups -OCH3 is 1. The predicted molar refractivity (Wildman–Crippen MR) is 74.6 cm³/mol. The normalized spacial score (nSPS) is 10.0. The first kappa shape index (κ1) is 15.3. The van der Waals surface area contributed by atoms with Crippen LogP contribution in [0.4, 0.5) is 11.4 Å². The van der Waals surface area contributed by atoms with Gasteiger partial charge in [0.15, 0.2) is 0 Å². The molecule has 0 aliphatic carbocycles. The SMILES string of the molecule is CCCNc1cc(SCC(=O)OC)cc([N+](=O)[O-])c1. The first-order valence-corrected chi connectivity index (χ1v) is 6.78. The Kier molecular flexibility index (Phi) is 6.14. The Morgan fingerprint density at radius 1 is 1.47 bits per heavy atom. The number of hydrogen-bond acceptors (Lipinski definition) is 6. The summed E-state index contributed by atoms with van der Waals surface area (Å²) in [5, 5.41) is 13.9. The number of carbonyl (C=O) groups excluding carboxylic acids is 1. The zero-order valence-electron chi connectivity index (χ0n) is 10.8. The second-order valence-electron chi connectivity index (χ2n) is 3.76. The molecule has 0 aliphatic rings. The molecule has 1 aromatic rings. The summed E-state index contributed by atoms with van der Waals surface area (Å²) in [6.45, 7) is 2.75. The molecule has 1 rings (SSSR count). The topological polar surface area (TPSA) is 81.5 Å². The molecule has 104 valence electrons. The van der Waals surface area contributed by atoms with E-state index in [0.29, 0.717) is 10.6 Å². The van der Waals surface area contributed by atoms with Gasteiger partial charge in [0.2, 0.25) is 0 Å². The summed E-state index contributed by atoms with van der Waals surface area (Å²) in [4.78, 5) is 22.1. The Balaban J connectivity index is 2.86. The van der Waals surface area contributed by atoms with Crippen molar-refractivity contribution in [1.29, 1.82) is 0 Å². The molecule has 0 amide bonds. The third kappa shape index (κ3) is 5.17. The van der Waals surface area contributed by atoms with Crippen LogP contribution < -0.4 is 5.32 Å². The van der Waals surface area contributed by atoms with Crippen molar-refractivity contribution in [1.82, 2.24) is 0 Å². The second kappa shape index (κ2) is 7.63. The van der Waals surface area contributed by atoms with Crippen molar-refractivity contribution in [3.63, 3.8) is 0 Å². The van der Waals surface area contributed by atoms with Crippen LogP contribution in [0, 0.1) is 10.1 Å². The molecule has 7 heteroatoms. The molecule has 1 N–H and O–H groups in total. The quantitative estimate of drug-likeness (QED) is 0.359. The van der Waals surface area contributed by atoms with Gasteiger partial charge in [-0.15, -0.1) is 11.8 Å². The van der Waals surface area contributed by atoms with E-state index in [-0.39, 0.29) is 17.4 Å². The van der Waals surface area contributed by atoms with Gasteiger partial charge in [-0.3, -0.25) is 14.9 Å². The minimum absolute atomic E-state index is 0.00784. The Morgan fingerprint density at radius 2 is 2.21 bits per heavy atom. The van der Waals surface area contributed by atoms with Crippen molar-refractivity contribution >= 4 is 29.1 Å². The summed E-state index contributed by atoms with van der Waals surface area (Å²) >= 11 is 1.21. The highest BCUT2D eigenvalue weighted by atomic mass is 32.2. The smallest absolute Gasteiger partial charge is 0.315 e. The number of nitrogens with zero attached hydrogens (tertiary/aromatic N) is 1. The van der Waals surface area contributed by atoms with Gasteiger partial charge in [-0.25, -0.2) is 0 Å². The molecule has 0 aromatic heterocycles. The Morgan fingerprint density at radius 3 is 2.79 bits per heavy atom. The summed E-state index contributed by atoms with van der Waals surface area (Å²) in [5.74, 6) is -0.232. The van der Waals surface area contributed by atoms with Gasteiger partial charge in [0.05, 0.1) is 17.8 Å². The number of esters is 1. The van der Waals surface area contributed by atoms with E-state index in [1.807, 2.05) is 6.92 Å². The van der Waals surface area contributed by atoms with Gasteiger partial charge >= 0.3 is 5.97 Å². The molecule has 0 saturated heterocycles. The number of benzene rings is 1. The van der Waals surface area contributed by atoms with Gasteiger partial charge in [0, 0.05) is 29.3 Å². The molecule has 0 unspecified atom stereocenters. The maximum atomic E-state index is 11.1. The third-order valence-electron chi connectivity index (χ3n) is 2.27. The van der Waals surface area contributed by atoms with Gasteiger partial charge in [-0.05, 0) is 12.5 Å². The van der Waals surface area contributed by atoms with E-state index >= 15 is 0 Å². The van der Waals surface area contributed by atoms with Gasteiger partial charge in [0.1, 0.15) is 0 Å². The van der Waals surface area contributed by atoms with E-state index < -0.39 is 4.92 Å². The van der Waals surface area contributed by atoms with Crippen LogP contribution in [0.1, 0.15) is 13.3 Å². The van der Waals surface area contributed by atoms with Gasteiger partial charge in [0.25, 0.3) is 5.69 Å². The van der Waals surface area contributed by atoms with E-state index in [2.05, 4.69) is 10.1 Å². The zero-order valence-corrected chi connectivity index (χ0v) is 11.7. The number of nitro groups is 1. The number of nitro benzene ring substituents is 1. The summed E-state index contributed by atoms with van der Waals surface area (Å²) in [5.41, 5.74) is 0.692. The molecular weight excluding hydrogens is 268 g/mol. The van der Waals surface area contributed by atoms with E-state index in [9.17, 15) is 14.9 Å². The van der Waals surface area contributed by atoms with E-state index in [4.69, 9.17) is 0 Å². The zero-order chi connectivity index (χ0) is 14.3. The number of non-ortho nitro benzene ring substituents is 1. The molecule has 19 heavy (non-hydrogen) atoms. The van der Waals surface area contributed by atoms with Crippen molar-refractivity contribution in [3.8, 4) is 0 Å². The van der Waals surface area contributed by atoms with Crippen LogP contribution in [0.3, 0.4) is 0 Å². The van der Waals surface area contributed by atoms with Crippen LogP contribution in [-0.4, -0.2) is 30.3 Å². The molecule has 6 nitrogen and oxygen atoms in total. The molecule has 0 atom stereocenters. The summed E-state index contributed by atoms with van der Waals surface area (Å²) in [7, 11) is 1.31. The first-order valence-electron chi connectivity index (χ1n) is 5.79. The lowest BCUT2D eigenvalue weighted by molar-refractivity contribution is -0.385. The third-order valence-corrected chi connectivity index (χ3v) is 3.21. The molecule has 0 spiro atoms. The predicted octanol–water partition coefficient (Wildman–Crippen LogP) is 2.68. The second-order valence-corrected chi connectivity index (χ2v) is 4.81. The van der Waals surface area contributed by atoms with Gasteiger partial charge in [-0.2, -0.15) is 0 Å². The lowest BCUT2D eigenvalue weighted by Gasteiger charge is -2.07. The maximum absolute atomic E-state index is 11.1. The number of nitrogens with one attached hydrogen (secondary N) is 1. The van der Waals surface area contributed by atoms with Crippen LogP contribution >= 0.6 is 11.8 Å². The minimum atomic E-state index is -0.445. The number of hydrogen-bond donors (Lipinski definition) is 1. The number of ether oxygens (including phenoxy) is 1. The highest BCUT2D eigenvalue weighted by Crippen LogP contribution is 2.28. The summed E-state index contributed by atoms with van der Waals surface area (Å²) in [6.07, 6.45) is 0.924. The average molecular weight is 284 g/mol. The van der Waals surface area contributed by atoms with Crippen molar-refractivity contribution in [3.05, 3.63) is 28.3 Å². The molecule has 0 bridgehead atoms. The monoisotopic (exact) mass is 284 g/mol. The van der Waals surface area contributed by atoms with Gasteiger partial charge in [-0.1, -0.05) is 6.92 Å². The molecular formula is C12H16N2O4S. The van der Waals surface area contributed by atoms with Gasteiger partial charge < -0.3 is 10.1 Å². The van der Waals surface area contributed by atoms with Crippen LogP contribution in [0.15, 0.2) is 23.1 Å². The van der Waals surface area contributed by atoms with Crippen LogP contribution in [0.2, 0.25) is 0 Å². The number of carbonyl (C=O) groups is 1. The standard InChI is InChI=1S/C12H16N2O4S/c1-3-4-13-9-5-10(14(16)17)7-11(6-9)19-8-12(15)18-2/h5-7,13H,3-4,8H2,1-2H3. The van der Waals surface area contributed by atoms with Crippen LogP contribution in [-0.2, 0) is 9.53 Å². The van der Waals surface area contributed by atoms with Crippen molar-refractivity contribution in [2.24, 2.45) is 0 Å².